The molecule has 5 heteroatoms. The zero-order valence-corrected chi connectivity index (χ0v) is 15.2. The summed E-state index contributed by atoms with van der Waals surface area (Å²) in [5, 5.41) is 6.63. The average Bonchev–Trinajstić information content (AvgIpc) is 2.65. The highest BCUT2D eigenvalue weighted by molar-refractivity contribution is 5.79. The molecular formula is C20H27N3O2. The second kappa shape index (κ2) is 10.2. The molecule has 0 aliphatic carbocycles. The van der Waals surface area contributed by atoms with Crippen LogP contribution in [0.2, 0.25) is 0 Å². The SMILES string of the molecule is CCNC(=NCc1ccccc1OC)NCc1ccccc1OCC. The van der Waals surface area contributed by atoms with Crippen molar-refractivity contribution in [3.8, 4) is 11.5 Å². The maximum absolute atomic E-state index is 5.67. The van der Waals surface area contributed by atoms with Crippen molar-refractivity contribution in [2.75, 3.05) is 20.3 Å². The van der Waals surface area contributed by atoms with Crippen molar-refractivity contribution in [1.29, 1.82) is 0 Å². The summed E-state index contributed by atoms with van der Waals surface area (Å²) < 4.78 is 11.1. The van der Waals surface area contributed by atoms with Crippen LogP contribution < -0.4 is 20.1 Å². The maximum Gasteiger partial charge on any atom is 0.191 e. The third-order valence-corrected chi connectivity index (χ3v) is 3.66. The van der Waals surface area contributed by atoms with Crippen LogP contribution in [0.25, 0.3) is 0 Å². The smallest absolute Gasteiger partial charge is 0.191 e. The summed E-state index contributed by atoms with van der Waals surface area (Å²) in [6.45, 7) is 6.68. The van der Waals surface area contributed by atoms with Crippen LogP contribution in [0, 0.1) is 0 Å². The second-order valence-electron chi connectivity index (χ2n) is 5.40. The van der Waals surface area contributed by atoms with Gasteiger partial charge in [0, 0.05) is 24.2 Å². The molecule has 134 valence electrons. The Morgan fingerprint density at radius 2 is 1.60 bits per heavy atom. The van der Waals surface area contributed by atoms with E-state index in [4.69, 9.17) is 9.47 Å². The number of nitrogens with zero attached hydrogens (tertiary/aromatic N) is 1. The molecule has 0 radical (unpaired) electrons. The molecule has 0 aliphatic rings. The van der Waals surface area contributed by atoms with Crippen LogP contribution in [0.1, 0.15) is 25.0 Å². The Morgan fingerprint density at radius 3 is 2.28 bits per heavy atom. The van der Waals surface area contributed by atoms with Crippen LogP contribution in [0.3, 0.4) is 0 Å². The highest BCUT2D eigenvalue weighted by atomic mass is 16.5. The molecule has 0 bridgehead atoms. The number of aliphatic imine (C=N–C) groups is 1. The van der Waals surface area contributed by atoms with Gasteiger partial charge in [0.2, 0.25) is 0 Å². The van der Waals surface area contributed by atoms with Crippen LogP contribution in [-0.2, 0) is 13.1 Å². The van der Waals surface area contributed by atoms with E-state index in [1.165, 1.54) is 0 Å². The van der Waals surface area contributed by atoms with Gasteiger partial charge in [0.1, 0.15) is 11.5 Å². The molecule has 0 spiro atoms. The van der Waals surface area contributed by atoms with Gasteiger partial charge in [-0.2, -0.15) is 0 Å². The van der Waals surface area contributed by atoms with E-state index in [0.29, 0.717) is 19.7 Å². The topological polar surface area (TPSA) is 54.9 Å². The summed E-state index contributed by atoms with van der Waals surface area (Å²) in [5.41, 5.74) is 2.16. The number of para-hydroxylation sites is 2. The Morgan fingerprint density at radius 1 is 0.920 bits per heavy atom. The Hall–Kier alpha value is -2.69. The third-order valence-electron chi connectivity index (χ3n) is 3.66. The van der Waals surface area contributed by atoms with Gasteiger partial charge >= 0.3 is 0 Å². The van der Waals surface area contributed by atoms with Crippen LogP contribution in [0.4, 0.5) is 0 Å². The number of guanidine groups is 1. The molecule has 2 aromatic carbocycles. The Balaban J connectivity index is 2.05. The first-order valence-corrected chi connectivity index (χ1v) is 8.63. The second-order valence-corrected chi connectivity index (χ2v) is 5.40. The van der Waals surface area contributed by atoms with Crippen molar-refractivity contribution < 1.29 is 9.47 Å². The summed E-state index contributed by atoms with van der Waals surface area (Å²) in [7, 11) is 1.68. The van der Waals surface area contributed by atoms with Crippen molar-refractivity contribution in [3.63, 3.8) is 0 Å². The van der Waals surface area contributed by atoms with Gasteiger partial charge in [-0.15, -0.1) is 0 Å². The first-order chi connectivity index (χ1) is 12.3. The predicted octanol–water partition coefficient (Wildman–Crippen LogP) is 3.35. The van der Waals surface area contributed by atoms with E-state index < -0.39 is 0 Å². The number of rotatable bonds is 8. The summed E-state index contributed by atoms with van der Waals surface area (Å²) in [6.07, 6.45) is 0. The van der Waals surface area contributed by atoms with Crippen LogP contribution in [0.5, 0.6) is 11.5 Å². The molecule has 2 aromatic rings. The fourth-order valence-corrected chi connectivity index (χ4v) is 2.46. The molecule has 0 saturated carbocycles. The van der Waals surface area contributed by atoms with Crippen LogP contribution in [-0.4, -0.2) is 26.2 Å². The van der Waals surface area contributed by atoms with Gasteiger partial charge in [0.05, 0.1) is 20.3 Å². The van der Waals surface area contributed by atoms with E-state index in [-0.39, 0.29) is 0 Å². The van der Waals surface area contributed by atoms with Gasteiger partial charge < -0.3 is 20.1 Å². The van der Waals surface area contributed by atoms with Crippen molar-refractivity contribution >= 4 is 5.96 Å². The number of benzene rings is 2. The highest BCUT2D eigenvalue weighted by Crippen LogP contribution is 2.19. The van der Waals surface area contributed by atoms with Gasteiger partial charge in [0.25, 0.3) is 0 Å². The van der Waals surface area contributed by atoms with E-state index in [1.807, 2.05) is 49.4 Å². The van der Waals surface area contributed by atoms with Gasteiger partial charge in [-0.1, -0.05) is 36.4 Å². The van der Waals surface area contributed by atoms with Crippen molar-refractivity contribution in [2.24, 2.45) is 4.99 Å². The molecule has 0 aliphatic heterocycles. The minimum absolute atomic E-state index is 0.548. The molecule has 25 heavy (non-hydrogen) atoms. The van der Waals surface area contributed by atoms with E-state index in [0.717, 1.165) is 35.1 Å². The van der Waals surface area contributed by atoms with Gasteiger partial charge in [-0.05, 0) is 26.0 Å². The zero-order valence-electron chi connectivity index (χ0n) is 15.2. The Bertz CT molecular complexity index is 686. The summed E-state index contributed by atoms with van der Waals surface area (Å²) >= 11 is 0. The monoisotopic (exact) mass is 341 g/mol. The number of methoxy groups -OCH3 is 1. The molecule has 0 fully saturated rings. The van der Waals surface area contributed by atoms with Crippen molar-refractivity contribution in [1.82, 2.24) is 10.6 Å². The van der Waals surface area contributed by atoms with Crippen LogP contribution >= 0.6 is 0 Å². The lowest BCUT2D eigenvalue weighted by Crippen LogP contribution is -2.36. The highest BCUT2D eigenvalue weighted by Gasteiger charge is 2.05. The van der Waals surface area contributed by atoms with Crippen molar-refractivity contribution in [3.05, 3.63) is 59.7 Å². The first-order valence-electron chi connectivity index (χ1n) is 8.63. The lowest BCUT2D eigenvalue weighted by atomic mass is 10.2. The Labute approximate surface area is 150 Å². The lowest BCUT2D eigenvalue weighted by Gasteiger charge is -2.14. The molecule has 0 amide bonds. The van der Waals surface area contributed by atoms with Gasteiger partial charge in [-0.25, -0.2) is 4.99 Å². The minimum Gasteiger partial charge on any atom is -0.496 e. The summed E-state index contributed by atoms with van der Waals surface area (Å²) in [4.78, 5) is 4.66. The molecule has 2 rings (SSSR count). The predicted molar refractivity (Wildman–Crippen MR) is 102 cm³/mol. The van der Waals surface area contributed by atoms with E-state index in [9.17, 15) is 0 Å². The minimum atomic E-state index is 0.548. The number of nitrogens with one attached hydrogen (secondary N) is 2. The Kier molecular flexibility index (Phi) is 7.63. The van der Waals surface area contributed by atoms with Gasteiger partial charge in [-0.3, -0.25) is 0 Å². The number of hydrogen-bond acceptors (Lipinski definition) is 3. The number of ether oxygens (including phenoxy) is 2. The van der Waals surface area contributed by atoms with E-state index in [2.05, 4.69) is 28.6 Å². The molecule has 0 atom stereocenters. The summed E-state index contributed by atoms with van der Waals surface area (Å²) in [5.74, 6) is 2.52. The van der Waals surface area contributed by atoms with E-state index in [1.54, 1.807) is 7.11 Å². The molecule has 0 aromatic heterocycles. The molecule has 0 saturated heterocycles. The molecular weight excluding hydrogens is 314 g/mol. The fourth-order valence-electron chi connectivity index (χ4n) is 2.46. The fraction of sp³-hybridized carbons (Fsp3) is 0.350. The quantitative estimate of drug-likeness (QED) is 0.571. The van der Waals surface area contributed by atoms with E-state index >= 15 is 0 Å². The molecule has 5 nitrogen and oxygen atoms in total. The zero-order chi connectivity index (χ0) is 17.9. The number of hydrogen-bond donors (Lipinski definition) is 2. The normalized spacial score (nSPS) is 11.1. The summed E-state index contributed by atoms with van der Waals surface area (Å²) in [6, 6.07) is 16.0. The standard InChI is InChI=1S/C20H27N3O2/c1-4-21-20(22-14-16-10-6-8-12-18(16)24-3)23-15-17-11-7-9-13-19(17)25-5-2/h6-13H,4-5,14-15H2,1-3H3,(H2,21,22,23). The molecule has 0 unspecified atom stereocenters. The largest absolute Gasteiger partial charge is 0.496 e. The molecule has 2 N–H and O–H groups in total. The maximum atomic E-state index is 5.67. The first kappa shape index (κ1) is 18.6. The van der Waals surface area contributed by atoms with Crippen LogP contribution in [0.15, 0.2) is 53.5 Å². The molecule has 0 heterocycles. The average molecular weight is 341 g/mol. The van der Waals surface area contributed by atoms with Gasteiger partial charge in [0.15, 0.2) is 5.96 Å². The lowest BCUT2D eigenvalue weighted by molar-refractivity contribution is 0.336. The third kappa shape index (κ3) is 5.71. The van der Waals surface area contributed by atoms with Crippen molar-refractivity contribution in [2.45, 2.75) is 26.9 Å².